The molecule has 5 heteroatoms. The van der Waals surface area contributed by atoms with Crippen molar-refractivity contribution in [2.24, 2.45) is 0 Å². The van der Waals surface area contributed by atoms with Gasteiger partial charge in [-0.2, -0.15) is 0 Å². The molecule has 0 aliphatic rings. The number of nitrogens with zero attached hydrogens (tertiary/aromatic N) is 3. The molecule has 3 heterocycles. The second-order valence-electron chi connectivity index (χ2n) is 15.9. The summed E-state index contributed by atoms with van der Waals surface area (Å²) in [7, 11) is 0. The van der Waals surface area contributed by atoms with Crippen LogP contribution in [-0.2, 0) is 0 Å². The Labute approximate surface area is 355 Å². The fraction of sp³-hybridized carbons (Fsp3) is 0. The molecule has 0 aliphatic heterocycles. The Morgan fingerprint density at radius 3 is 1.69 bits per heavy atom. The van der Waals surface area contributed by atoms with Gasteiger partial charge < -0.3 is 8.83 Å². The van der Waals surface area contributed by atoms with Crippen LogP contribution in [0.5, 0.6) is 0 Å². The lowest BCUT2D eigenvalue weighted by atomic mass is 9.92. The summed E-state index contributed by atoms with van der Waals surface area (Å²) in [5.41, 5.74) is 10.3. The molecular formula is C57H33N3O2. The van der Waals surface area contributed by atoms with Gasteiger partial charge in [0.05, 0.1) is 0 Å². The molecule has 10 aromatic carbocycles. The van der Waals surface area contributed by atoms with Crippen LogP contribution in [0.3, 0.4) is 0 Å². The van der Waals surface area contributed by atoms with Crippen LogP contribution in [0.1, 0.15) is 0 Å². The molecule has 0 amide bonds. The molecule has 13 rings (SSSR count). The second kappa shape index (κ2) is 13.6. The Morgan fingerprint density at radius 1 is 0.274 bits per heavy atom. The zero-order valence-electron chi connectivity index (χ0n) is 33.2. The normalized spacial score (nSPS) is 11.9. The van der Waals surface area contributed by atoms with Crippen LogP contribution in [0, 0.1) is 0 Å². The maximum Gasteiger partial charge on any atom is 0.164 e. The van der Waals surface area contributed by atoms with Crippen molar-refractivity contribution < 1.29 is 8.83 Å². The van der Waals surface area contributed by atoms with E-state index in [2.05, 4.69) is 164 Å². The van der Waals surface area contributed by atoms with Gasteiger partial charge in [-0.25, -0.2) is 15.0 Å². The summed E-state index contributed by atoms with van der Waals surface area (Å²) < 4.78 is 13.2. The standard InChI is InChI=1S/C57H33N3O2/c1-2-12-34(13-3-1)40-17-8-19-43-42(40)18-9-20-44(43)47-21-10-22-48-53-49(23-11-25-51(53)62-54(47)48)57-59-55(37-28-30-41-36(32-37)27-26-35-14-4-5-15-39(35)41)58-56(60-57)38-29-31-46-45-16-6-7-24-50(45)61-52(46)33-38/h1-33H. The number of hydrogen-bond donors (Lipinski definition) is 0. The van der Waals surface area contributed by atoms with Gasteiger partial charge in [0, 0.05) is 43.8 Å². The van der Waals surface area contributed by atoms with Crippen molar-refractivity contribution in [2.75, 3.05) is 0 Å². The Bertz CT molecular complexity index is 3940. The molecule has 288 valence electrons. The first-order valence-corrected chi connectivity index (χ1v) is 20.8. The number of benzene rings is 10. The van der Waals surface area contributed by atoms with Gasteiger partial charge in [-0.05, 0) is 79.3 Å². The van der Waals surface area contributed by atoms with Gasteiger partial charge >= 0.3 is 0 Å². The predicted molar refractivity (Wildman–Crippen MR) is 254 cm³/mol. The average molecular weight is 792 g/mol. The molecule has 0 unspecified atom stereocenters. The van der Waals surface area contributed by atoms with Crippen LogP contribution in [-0.4, -0.2) is 15.0 Å². The molecule has 0 N–H and O–H groups in total. The van der Waals surface area contributed by atoms with Crippen molar-refractivity contribution in [3.63, 3.8) is 0 Å². The van der Waals surface area contributed by atoms with Gasteiger partial charge in [0.2, 0.25) is 0 Å². The van der Waals surface area contributed by atoms with Crippen LogP contribution in [0.25, 0.3) is 133 Å². The quantitative estimate of drug-likeness (QED) is 0.162. The van der Waals surface area contributed by atoms with Gasteiger partial charge in [0.25, 0.3) is 0 Å². The van der Waals surface area contributed by atoms with Crippen molar-refractivity contribution in [1.29, 1.82) is 0 Å². The second-order valence-corrected chi connectivity index (χ2v) is 15.9. The Balaban J connectivity index is 1.02. The summed E-state index contributed by atoms with van der Waals surface area (Å²) in [6.45, 7) is 0. The summed E-state index contributed by atoms with van der Waals surface area (Å²) in [6.07, 6.45) is 0. The van der Waals surface area contributed by atoms with E-state index >= 15 is 0 Å². The van der Waals surface area contributed by atoms with Crippen molar-refractivity contribution in [1.82, 2.24) is 15.0 Å². The number of para-hydroxylation sites is 2. The van der Waals surface area contributed by atoms with Crippen molar-refractivity contribution in [3.8, 4) is 56.4 Å². The van der Waals surface area contributed by atoms with Gasteiger partial charge in [-0.15, -0.1) is 0 Å². The molecule has 0 atom stereocenters. The van der Waals surface area contributed by atoms with Gasteiger partial charge in [0.1, 0.15) is 22.3 Å². The average Bonchev–Trinajstić information content (AvgIpc) is 3.92. The van der Waals surface area contributed by atoms with E-state index < -0.39 is 0 Å². The van der Waals surface area contributed by atoms with Crippen LogP contribution in [0.4, 0.5) is 0 Å². The van der Waals surface area contributed by atoms with E-state index in [4.69, 9.17) is 23.8 Å². The minimum Gasteiger partial charge on any atom is -0.456 e. The minimum atomic E-state index is 0.557. The lowest BCUT2D eigenvalue weighted by Crippen LogP contribution is -2.00. The summed E-state index contributed by atoms with van der Waals surface area (Å²) in [5.74, 6) is 1.70. The van der Waals surface area contributed by atoms with E-state index in [0.29, 0.717) is 17.5 Å². The molecule has 0 aliphatic carbocycles. The maximum absolute atomic E-state index is 6.87. The third-order valence-electron chi connectivity index (χ3n) is 12.3. The topological polar surface area (TPSA) is 65.0 Å². The van der Waals surface area contributed by atoms with E-state index in [9.17, 15) is 0 Å². The van der Waals surface area contributed by atoms with E-state index in [1.807, 2.05) is 36.4 Å². The fourth-order valence-electron chi connectivity index (χ4n) is 9.43. The molecular weight excluding hydrogens is 759 g/mol. The van der Waals surface area contributed by atoms with Crippen molar-refractivity contribution >= 4 is 76.2 Å². The molecule has 0 fully saturated rings. The van der Waals surface area contributed by atoms with Crippen molar-refractivity contribution in [3.05, 3.63) is 200 Å². The SMILES string of the molecule is c1ccc(-c2cccc3c(-c4cccc5c4oc4cccc(-c6nc(-c7ccc8c(ccc9ccccc98)c7)nc(-c7ccc8c(c7)oc7ccccc78)n6)c45)cccc23)cc1. The highest BCUT2D eigenvalue weighted by molar-refractivity contribution is 6.17. The molecule has 0 saturated carbocycles. The fourth-order valence-corrected chi connectivity index (χ4v) is 9.43. The molecule has 62 heavy (non-hydrogen) atoms. The van der Waals surface area contributed by atoms with Crippen LogP contribution >= 0.6 is 0 Å². The van der Waals surface area contributed by atoms with Crippen LogP contribution < -0.4 is 0 Å². The van der Waals surface area contributed by atoms with Crippen LogP contribution in [0.15, 0.2) is 209 Å². The first kappa shape index (κ1) is 34.5. The van der Waals surface area contributed by atoms with Crippen LogP contribution in [0.2, 0.25) is 0 Å². The van der Waals surface area contributed by atoms with Crippen molar-refractivity contribution in [2.45, 2.75) is 0 Å². The molecule has 0 radical (unpaired) electrons. The minimum absolute atomic E-state index is 0.557. The molecule has 0 saturated heterocycles. The summed E-state index contributed by atoms with van der Waals surface area (Å²) in [4.78, 5) is 15.7. The number of fused-ring (bicyclic) bond motifs is 10. The molecule has 0 spiro atoms. The monoisotopic (exact) mass is 791 g/mol. The zero-order chi connectivity index (χ0) is 40.7. The van der Waals surface area contributed by atoms with Gasteiger partial charge in [0.15, 0.2) is 17.5 Å². The summed E-state index contributed by atoms with van der Waals surface area (Å²) in [5, 5.41) is 11.2. The first-order chi connectivity index (χ1) is 30.7. The lowest BCUT2D eigenvalue weighted by Gasteiger charge is -2.12. The third-order valence-corrected chi connectivity index (χ3v) is 12.3. The van der Waals surface area contributed by atoms with E-state index in [1.165, 1.54) is 38.1 Å². The number of aromatic nitrogens is 3. The molecule has 5 nitrogen and oxygen atoms in total. The van der Waals surface area contributed by atoms with Gasteiger partial charge in [-0.1, -0.05) is 170 Å². The summed E-state index contributed by atoms with van der Waals surface area (Å²) >= 11 is 0. The third kappa shape index (κ3) is 5.38. The molecule has 0 bridgehead atoms. The molecule has 13 aromatic rings. The Hall–Kier alpha value is -8.41. The highest BCUT2D eigenvalue weighted by Crippen LogP contribution is 2.43. The Kier molecular flexibility index (Phi) is 7.54. The smallest absolute Gasteiger partial charge is 0.164 e. The number of furan rings is 2. The maximum atomic E-state index is 6.87. The Morgan fingerprint density at radius 2 is 0.839 bits per heavy atom. The number of rotatable bonds is 5. The largest absolute Gasteiger partial charge is 0.456 e. The predicted octanol–water partition coefficient (Wildman–Crippen LogP) is 15.5. The summed E-state index contributed by atoms with van der Waals surface area (Å²) in [6, 6.07) is 69.9. The first-order valence-electron chi connectivity index (χ1n) is 20.8. The van der Waals surface area contributed by atoms with E-state index in [-0.39, 0.29) is 0 Å². The molecule has 3 aromatic heterocycles. The highest BCUT2D eigenvalue weighted by Gasteiger charge is 2.21. The highest BCUT2D eigenvalue weighted by atomic mass is 16.3. The zero-order valence-corrected chi connectivity index (χ0v) is 33.2. The lowest BCUT2D eigenvalue weighted by molar-refractivity contribution is 0.669. The van der Waals surface area contributed by atoms with E-state index in [1.54, 1.807) is 0 Å². The van der Waals surface area contributed by atoms with Gasteiger partial charge in [-0.3, -0.25) is 0 Å². The number of hydrogen-bond acceptors (Lipinski definition) is 5. The van der Waals surface area contributed by atoms with E-state index in [0.717, 1.165) is 77.1 Å².